The van der Waals surface area contributed by atoms with Crippen molar-refractivity contribution in [2.75, 3.05) is 7.11 Å². The zero-order valence-corrected chi connectivity index (χ0v) is 13.4. The highest BCUT2D eigenvalue weighted by Crippen LogP contribution is 2.56. The number of carbonyl (C=O) groups is 2. The molecule has 1 aliphatic carbocycles. The molecule has 2 bridgehead atoms. The van der Waals surface area contributed by atoms with E-state index in [0.717, 1.165) is 42.7 Å². The lowest BCUT2D eigenvalue weighted by atomic mass is 9.61. The number of carbonyl (C=O) groups excluding carboxylic acids is 2. The van der Waals surface area contributed by atoms with Gasteiger partial charge in [-0.05, 0) is 38.0 Å². The average molecular weight is 315 g/mol. The summed E-state index contributed by atoms with van der Waals surface area (Å²) in [5, 5.41) is 3.05. The smallest absolute Gasteiger partial charge is 0.234 e. The number of fused-ring (bicyclic) bond motifs is 2. The number of hydrogen-bond acceptors (Lipinski definition) is 4. The van der Waals surface area contributed by atoms with Gasteiger partial charge in [-0.3, -0.25) is 9.59 Å². The molecule has 0 spiro atoms. The lowest BCUT2D eigenvalue weighted by Crippen LogP contribution is -2.69. The summed E-state index contributed by atoms with van der Waals surface area (Å²) >= 11 is 0. The van der Waals surface area contributed by atoms with Crippen molar-refractivity contribution in [1.82, 2.24) is 5.32 Å². The minimum absolute atomic E-state index is 0.0812. The second-order valence-electron chi connectivity index (χ2n) is 6.85. The zero-order valence-electron chi connectivity index (χ0n) is 13.4. The van der Waals surface area contributed by atoms with Crippen LogP contribution in [0.2, 0.25) is 0 Å². The second kappa shape index (κ2) is 4.98. The monoisotopic (exact) mass is 315 g/mol. The Morgan fingerprint density at radius 2 is 2.22 bits per heavy atom. The lowest BCUT2D eigenvalue weighted by Gasteiger charge is -2.56. The predicted octanol–water partition coefficient (Wildman–Crippen LogP) is 2.39. The molecule has 5 nitrogen and oxygen atoms in total. The number of methoxy groups -OCH3 is 1. The van der Waals surface area contributed by atoms with Gasteiger partial charge in [-0.2, -0.15) is 0 Å². The van der Waals surface area contributed by atoms with Crippen LogP contribution >= 0.6 is 0 Å². The molecule has 4 rings (SSSR count). The molecule has 3 aliphatic rings. The Hall–Kier alpha value is -2.04. The van der Waals surface area contributed by atoms with E-state index in [1.54, 1.807) is 7.11 Å². The van der Waals surface area contributed by atoms with Crippen LogP contribution in [0.3, 0.4) is 0 Å². The molecule has 122 valence electrons. The van der Waals surface area contributed by atoms with E-state index >= 15 is 0 Å². The van der Waals surface area contributed by atoms with Crippen LogP contribution in [0.5, 0.6) is 11.5 Å². The van der Waals surface area contributed by atoms with Crippen LogP contribution in [0.15, 0.2) is 18.2 Å². The lowest BCUT2D eigenvalue weighted by molar-refractivity contribution is -0.160. The van der Waals surface area contributed by atoms with Crippen LogP contribution < -0.4 is 14.8 Å². The van der Waals surface area contributed by atoms with Gasteiger partial charge in [0.05, 0.1) is 7.11 Å². The van der Waals surface area contributed by atoms with Crippen molar-refractivity contribution in [3.8, 4) is 11.5 Å². The molecule has 1 N–H and O–H groups in total. The SMILES string of the molecule is COc1ccc2c(c1)C1C(C(C)=O)C(=O)NC3(CCCCC13)O2. The van der Waals surface area contributed by atoms with E-state index in [9.17, 15) is 9.59 Å². The van der Waals surface area contributed by atoms with Gasteiger partial charge in [-0.15, -0.1) is 0 Å². The van der Waals surface area contributed by atoms with E-state index in [2.05, 4.69) is 5.32 Å². The van der Waals surface area contributed by atoms with E-state index in [-0.39, 0.29) is 23.5 Å². The molecular formula is C18H21NO4. The number of amides is 1. The Morgan fingerprint density at radius 3 is 2.96 bits per heavy atom. The summed E-state index contributed by atoms with van der Waals surface area (Å²) in [6.45, 7) is 1.51. The summed E-state index contributed by atoms with van der Waals surface area (Å²) in [5.41, 5.74) is 0.287. The van der Waals surface area contributed by atoms with E-state index in [1.165, 1.54) is 6.92 Å². The minimum Gasteiger partial charge on any atom is -0.497 e. The predicted molar refractivity (Wildman–Crippen MR) is 83.4 cm³/mol. The Balaban J connectivity index is 1.91. The summed E-state index contributed by atoms with van der Waals surface area (Å²) in [4.78, 5) is 24.8. The van der Waals surface area contributed by atoms with Gasteiger partial charge in [0.25, 0.3) is 0 Å². The number of Topliss-reactive ketones (excluding diaryl/α,β-unsaturated/α-hetero) is 1. The fourth-order valence-corrected chi connectivity index (χ4v) is 4.67. The van der Waals surface area contributed by atoms with Crippen LogP contribution in [0.1, 0.15) is 44.1 Å². The fourth-order valence-electron chi connectivity index (χ4n) is 4.67. The van der Waals surface area contributed by atoms with Crippen molar-refractivity contribution < 1.29 is 19.1 Å². The summed E-state index contributed by atoms with van der Waals surface area (Å²) < 4.78 is 11.6. The first-order valence-electron chi connectivity index (χ1n) is 8.25. The molecule has 2 fully saturated rings. The van der Waals surface area contributed by atoms with E-state index < -0.39 is 11.6 Å². The topological polar surface area (TPSA) is 64.6 Å². The van der Waals surface area contributed by atoms with E-state index in [0.29, 0.717) is 0 Å². The van der Waals surface area contributed by atoms with Gasteiger partial charge in [0, 0.05) is 23.8 Å². The van der Waals surface area contributed by atoms with Crippen molar-refractivity contribution in [2.24, 2.45) is 11.8 Å². The maximum atomic E-state index is 12.6. The van der Waals surface area contributed by atoms with Gasteiger partial charge >= 0.3 is 0 Å². The van der Waals surface area contributed by atoms with Crippen LogP contribution in [-0.4, -0.2) is 24.5 Å². The van der Waals surface area contributed by atoms with Crippen LogP contribution in [0, 0.1) is 11.8 Å². The van der Waals surface area contributed by atoms with Gasteiger partial charge in [0.15, 0.2) is 5.72 Å². The van der Waals surface area contributed by atoms with Crippen LogP contribution in [0.4, 0.5) is 0 Å². The van der Waals surface area contributed by atoms with Crippen molar-refractivity contribution in [3.63, 3.8) is 0 Å². The highest BCUT2D eigenvalue weighted by Gasteiger charge is 2.60. The maximum Gasteiger partial charge on any atom is 0.234 e. The quantitative estimate of drug-likeness (QED) is 0.851. The number of piperidine rings is 1. The first-order chi connectivity index (χ1) is 11.1. The van der Waals surface area contributed by atoms with Gasteiger partial charge in [-0.1, -0.05) is 6.42 Å². The van der Waals surface area contributed by atoms with Crippen molar-refractivity contribution in [1.29, 1.82) is 0 Å². The molecule has 4 atom stereocenters. The molecular weight excluding hydrogens is 294 g/mol. The van der Waals surface area contributed by atoms with E-state index in [1.807, 2.05) is 18.2 Å². The van der Waals surface area contributed by atoms with Crippen molar-refractivity contribution >= 4 is 11.7 Å². The van der Waals surface area contributed by atoms with Crippen LogP contribution in [-0.2, 0) is 9.59 Å². The largest absolute Gasteiger partial charge is 0.497 e. The molecule has 2 heterocycles. The number of nitrogens with one attached hydrogen (secondary N) is 1. The second-order valence-corrected chi connectivity index (χ2v) is 6.85. The fraction of sp³-hybridized carbons (Fsp3) is 0.556. The molecule has 1 saturated heterocycles. The molecule has 5 heteroatoms. The van der Waals surface area contributed by atoms with Gasteiger partial charge < -0.3 is 14.8 Å². The number of benzene rings is 1. The molecule has 1 saturated carbocycles. The normalized spacial score (nSPS) is 34.5. The average Bonchev–Trinajstić information content (AvgIpc) is 2.53. The standard InChI is InChI=1S/C18H21NO4/c1-10(20)15-16-12-9-11(22-2)6-7-14(12)23-18(19-17(15)21)8-4-3-5-13(16)18/h6-7,9,13,15-16H,3-5,8H2,1-2H3,(H,19,21). The van der Waals surface area contributed by atoms with Crippen LogP contribution in [0.25, 0.3) is 0 Å². The van der Waals surface area contributed by atoms with Gasteiger partial charge in [0.2, 0.25) is 5.91 Å². The Morgan fingerprint density at radius 1 is 1.39 bits per heavy atom. The highest BCUT2D eigenvalue weighted by atomic mass is 16.5. The Bertz CT molecular complexity index is 686. The Kier molecular flexibility index (Phi) is 3.15. The molecule has 1 aromatic rings. The third kappa shape index (κ3) is 1.98. The number of ketones is 1. The van der Waals surface area contributed by atoms with Crippen molar-refractivity contribution in [3.05, 3.63) is 23.8 Å². The molecule has 0 aromatic heterocycles. The molecule has 2 aliphatic heterocycles. The third-order valence-corrected chi connectivity index (χ3v) is 5.63. The third-order valence-electron chi connectivity index (χ3n) is 5.63. The minimum atomic E-state index is -0.645. The van der Waals surface area contributed by atoms with E-state index in [4.69, 9.17) is 9.47 Å². The summed E-state index contributed by atoms with van der Waals surface area (Å²) in [7, 11) is 1.62. The number of hydrogen-bond donors (Lipinski definition) is 1. The molecule has 1 amide bonds. The highest BCUT2D eigenvalue weighted by molar-refractivity contribution is 6.02. The molecule has 0 radical (unpaired) electrons. The van der Waals surface area contributed by atoms with Crippen molar-refractivity contribution in [2.45, 2.75) is 44.2 Å². The Labute approximate surface area is 135 Å². The summed E-state index contributed by atoms with van der Waals surface area (Å²) in [6.07, 6.45) is 3.90. The van der Waals surface area contributed by atoms with Gasteiger partial charge in [-0.25, -0.2) is 0 Å². The molecule has 23 heavy (non-hydrogen) atoms. The molecule has 4 unspecified atom stereocenters. The summed E-state index contributed by atoms with van der Waals surface area (Å²) in [6, 6.07) is 5.68. The molecule has 1 aromatic carbocycles. The zero-order chi connectivity index (χ0) is 16.2. The number of ether oxygens (including phenoxy) is 2. The van der Waals surface area contributed by atoms with Gasteiger partial charge in [0.1, 0.15) is 23.2 Å². The maximum absolute atomic E-state index is 12.6. The first-order valence-corrected chi connectivity index (χ1v) is 8.25. The number of rotatable bonds is 2. The summed E-state index contributed by atoms with van der Waals surface area (Å²) in [5.74, 6) is 0.587. The first kappa shape index (κ1) is 14.5.